The Morgan fingerprint density at radius 2 is 1.89 bits per heavy atom. The lowest BCUT2D eigenvalue weighted by Crippen LogP contribution is -2.51. The molecular formula is C35H55N5O6. The zero-order valence-electron chi connectivity index (χ0n) is 28.4. The van der Waals surface area contributed by atoms with E-state index in [1.54, 1.807) is 18.9 Å². The number of nitrogens with one attached hydrogen (secondary N) is 1. The average molecular weight is 642 g/mol. The van der Waals surface area contributed by atoms with Crippen molar-refractivity contribution in [1.29, 1.82) is 0 Å². The molecule has 2 fully saturated rings. The zero-order chi connectivity index (χ0) is 34.2. The zero-order valence-corrected chi connectivity index (χ0v) is 28.4. The topological polar surface area (TPSA) is 157 Å². The number of carbonyl (C=O) groups is 3. The summed E-state index contributed by atoms with van der Waals surface area (Å²) in [6.07, 6.45) is 9.77. The lowest BCUT2D eigenvalue weighted by molar-refractivity contribution is -0.139. The molecule has 1 aliphatic heterocycles. The van der Waals surface area contributed by atoms with Gasteiger partial charge >= 0.3 is 0 Å². The van der Waals surface area contributed by atoms with Crippen molar-refractivity contribution in [3.63, 3.8) is 0 Å². The van der Waals surface area contributed by atoms with Gasteiger partial charge in [-0.25, -0.2) is 9.97 Å². The molecule has 2 aromatic rings. The Morgan fingerprint density at radius 1 is 1.17 bits per heavy atom. The highest BCUT2D eigenvalue weighted by Crippen LogP contribution is 2.36. The number of rotatable bonds is 14. The minimum Gasteiger partial charge on any atom is -0.494 e. The summed E-state index contributed by atoms with van der Waals surface area (Å²) < 4.78 is 12.3. The van der Waals surface area contributed by atoms with Crippen molar-refractivity contribution in [3.8, 4) is 11.6 Å². The number of hydrogen-bond donors (Lipinski definition) is 3. The summed E-state index contributed by atoms with van der Waals surface area (Å²) in [7, 11) is 1.73. The van der Waals surface area contributed by atoms with E-state index in [9.17, 15) is 9.59 Å². The lowest BCUT2D eigenvalue weighted by atomic mass is 9.92. The van der Waals surface area contributed by atoms with Crippen LogP contribution in [0, 0.1) is 17.8 Å². The van der Waals surface area contributed by atoms with Crippen LogP contribution in [0.4, 0.5) is 0 Å². The number of nitrogens with two attached hydrogens (primary N) is 1. The Kier molecular flexibility index (Phi) is 16.5. The van der Waals surface area contributed by atoms with Crippen molar-refractivity contribution in [3.05, 3.63) is 37.1 Å². The van der Waals surface area contributed by atoms with E-state index in [4.69, 9.17) is 35.1 Å². The maximum Gasteiger partial charge on any atom is 0.290 e. The molecule has 1 saturated heterocycles. The SMILES string of the molecule is C=C.CCOc1ccc2nc(CCCCC[C@@H]3CCCC3C)c(O[C@H]3CN(C(=O)[C@H](C)NC)[C@H](C(N)=O)[C@@H]3CC)nc2c1.O=CO. The summed E-state index contributed by atoms with van der Waals surface area (Å²) in [4.78, 5) is 45.6. The molecule has 0 spiro atoms. The number of hydrogen-bond acceptors (Lipinski definition) is 8. The van der Waals surface area contributed by atoms with Crippen molar-refractivity contribution in [1.82, 2.24) is 20.2 Å². The fourth-order valence-electron chi connectivity index (χ4n) is 6.69. The fraction of sp³-hybridized carbons (Fsp3) is 0.629. The molecular weight excluding hydrogens is 586 g/mol. The Labute approximate surface area is 274 Å². The number of likely N-dealkylation sites (N-methyl/N-ethyl adjacent to an activating group) is 1. The molecule has 1 unspecified atom stereocenters. The first kappa shape index (κ1) is 38.5. The number of benzene rings is 1. The lowest BCUT2D eigenvalue weighted by Gasteiger charge is -2.27. The molecule has 6 atom stereocenters. The number of ether oxygens (including phenoxy) is 2. The minimum absolute atomic E-state index is 0.163. The van der Waals surface area contributed by atoms with E-state index in [1.165, 1.54) is 32.1 Å². The first-order valence-electron chi connectivity index (χ1n) is 16.6. The maximum absolute atomic E-state index is 13.2. The molecule has 4 N–H and O–H groups in total. The third-order valence-corrected chi connectivity index (χ3v) is 9.22. The Morgan fingerprint density at radius 3 is 2.48 bits per heavy atom. The van der Waals surface area contributed by atoms with Gasteiger partial charge in [-0.3, -0.25) is 14.4 Å². The Bertz CT molecular complexity index is 1260. The number of amides is 2. The van der Waals surface area contributed by atoms with E-state index >= 15 is 0 Å². The van der Waals surface area contributed by atoms with Crippen LogP contribution in [0.15, 0.2) is 31.4 Å². The highest BCUT2D eigenvalue weighted by molar-refractivity contribution is 5.90. The predicted molar refractivity (Wildman–Crippen MR) is 181 cm³/mol. The van der Waals surface area contributed by atoms with Crippen molar-refractivity contribution in [2.45, 2.75) is 104 Å². The Hall–Kier alpha value is -3.73. The number of carboxylic acid groups (broad SMARTS) is 1. The second kappa shape index (κ2) is 19.7. The van der Waals surface area contributed by atoms with Gasteiger partial charge in [0.1, 0.15) is 23.6 Å². The highest BCUT2D eigenvalue weighted by Gasteiger charge is 2.48. The molecule has 0 bridgehead atoms. The van der Waals surface area contributed by atoms with E-state index in [0.717, 1.165) is 48.1 Å². The average Bonchev–Trinajstić information content (AvgIpc) is 3.64. The van der Waals surface area contributed by atoms with Gasteiger partial charge in [-0.2, -0.15) is 0 Å². The van der Waals surface area contributed by atoms with Crippen LogP contribution in [-0.2, 0) is 20.8 Å². The Balaban J connectivity index is 0.00000139. The van der Waals surface area contributed by atoms with Crippen LogP contribution >= 0.6 is 0 Å². The normalized spacial score (nSPS) is 22.6. The standard InChI is InChI=1S/C32H49N5O4.C2H4.CH2O2/c1-6-24-28(19-37(29(24)30(33)38)32(39)21(4)34-5)41-31-26(15-10-8-9-13-22-14-11-12-20(22)3)35-25-17-16-23(40-7-2)18-27(25)36-31;1-2;2-1-3/h16-18,20-22,24,28-29,34H,6-15,19H2,1-5H3,(H2,33,38);1-2H2;1H,(H,2,3)/t20?,21-,22+,24+,28-,29-;;/m0../s1. The number of unbranched alkanes of at least 4 members (excludes halogenated alkanes) is 2. The van der Waals surface area contributed by atoms with Crippen molar-refractivity contribution >= 4 is 29.3 Å². The molecule has 256 valence electrons. The van der Waals surface area contributed by atoms with E-state index in [0.29, 0.717) is 24.4 Å². The third kappa shape index (κ3) is 10.1. The molecule has 1 aromatic heterocycles. The fourth-order valence-corrected chi connectivity index (χ4v) is 6.69. The molecule has 11 heteroatoms. The van der Waals surface area contributed by atoms with E-state index in [1.807, 2.05) is 32.0 Å². The predicted octanol–water partition coefficient (Wildman–Crippen LogP) is 5.15. The highest BCUT2D eigenvalue weighted by atomic mass is 16.5. The van der Waals surface area contributed by atoms with Gasteiger partial charge in [0.2, 0.25) is 17.7 Å². The van der Waals surface area contributed by atoms with Gasteiger partial charge in [0.05, 0.1) is 30.2 Å². The van der Waals surface area contributed by atoms with Crippen LogP contribution in [0.2, 0.25) is 0 Å². The molecule has 11 nitrogen and oxygen atoms in total. The number of fused-ring (bicyclic) bond motifs is 1. The van der Waals surface area contributed by atoms with Crippen molar-refractivity contribution < 1.29 is 29.0 Å². The molecule has 1 aliphatic carbocycles. The van der Waals surface area contributed by atoms with Crippen LogP contribution in [0.25, 0.3) is 11.0 Å². The van der Waals surface area contributed by atoms with Gasteiger partial charge in [-0.15, -0.1) is 13.2 Å². The minimum atomic E-state index is -0.729. The molecule has 0 radical (unpaired) electrons. The number of aromatic nitrogens is 2. The molecule has 2 heterocycles. The molecule has 2 amide bonds. The van der Waals surface area contributed by atoms with E-state index in [-0.39, 0.29) is 24.8 Å². The molecule has 1 aromatic carbocycles. The van der Waals surface area contributed by atoms with Crippen molar-refractivity contribution in [2.75, 3.05) is 20.2 Å². The summed E-state index contributed by atoms with van der Waals surface area (Å²) in [5, 5.41) is 9.87. The van der Waals surface area contributed by atoms with Gasteiger partial charge in [0, 0.05) is 12.0 Å². The quantitative estimate of drug-likeness (QED) is 0.144. The molecule has 46 heavy (non-hydrogen) atoms. The van der Waals surface area contributed by atoms with E-state index in [2.05, 4.69) is 25.4 Å². The molecule has 1 saturated carbocycles. The number of aryl methyl sites for hydroxylation is 1. The summed E-state index contributed by atoms with van der Waals surface area (Å²) in [6, 6.07) is 4.57. The smallest absolute Gasteiger partial charge is 0.290 e. The van der Waals surface area contributed by atoms with Gasteiger partial charge in [-0.05, 0) is 64.1 Å². The number of likely N-dealkylation sites (tertiary alicyclic amines) is 1. The number of carbonyl (C=O) groups excluding carboxylic acids is 2. The van der Waals surface area contributed by atoms with Gasteiger partial charge in [0.25, 0.3) is 6.47 Å². The van der Waals surface area contributed by atoms with Crippen LogP contribution in [0.3, 0.4) is 0 Å². The monoisotopic (exact) mass is 641 g/mol. The first-order valence-corrected chi connectivity index (χ1v) is 16.6. The van der Waals surface area contributed by atoms with Crippen LogP contribution in [0.1, 0.15) is 84.8 Å². The second-order valence-electron chi connectivity index (χ2n) is 12.0. The number of primary amides is 1. The summed E-state index contributed by atoms with van der Waals surface area (Å²) in [5.41, 5.74) is 8.14. The number of nitrogens with zero attached hydrogens (tertiary/aromatic N) is 3. The van der Waals surface area contributed by atoms with Crippen LogP contribution < -0.4 is 20.5 Å². The van der Waals surface area contributed by atoms with Crippen LogP contribution in [-0.4, -0.2) is 76.6 Å². The first-order chi connectivity index (χ1) is 22.2. The summed E-state index contributed by atoms with van der Waals surface area (Å²) >= 11 is 0. The van der Waals surface area contributed by atoms with Crippen molar-refractivity contribution in [2.24, 2.45) is 23.5 Å². The molecule has 4 rings (SSSR count). The molecule has 2 aliphatic rings. The third-order valence-electron chi connectivity index (χ3n) is 9.22. The second-order valence-corrected chi connectivity index (χ2v) is 12.0. The summed E-state index contributed by atoms with van der Waals surface area (Å²) in [6.45, 7) is 14.7. The van der Waals surface area contributed by atoms with E-state index < -0.39 is 24.1 Å². The van der Waals surface area contributed by atoms with Gasteiger partial charge < -0.3 is 30.5 Å². The van der Waals surface area contributed by atoms with Crippen LogP contribution in [0.5, 0.6) is 11.6 Å². The largest absolute Gasteiger partial charge is 0.494 e. The van der Waals surface area contributed by atoms with Gasteiger partial charge in [0.15, 0.2) is 0 Å². The van der Waals surface area contributed by atoms with Gasteiger partial charge in [-0.1, -0.05) is 52.4 Å². The maximum atomic E-state index is 13.2. The summed E-state index contributed by atoms with van der Waals surface area (Å²) in [5.74, 6) is 2.01.